The maximum absolute atomic E-state index is 11.4. The summed E-state index contributed by atoms with van der Waals surface area (Å²) in [6.45, 7) is 7.67. The van der Waals surface area contributed by atoms with Crippen LogP contribution in [0, 0.1) is 13.8 Å². The van der Waals surface area contributed by atoms with Crippen molar-refractivity contribution in [2.45, 2.75) is 39.2 Å². The molecule has 17 heavy (non-hydrogen) atoms. The third-order valence-electron chi connectivity index (χ3n) is 3.07. The fraction of sp³-hybridized carbons (Fsp3) is 0.500. The lowest BCUT2D eigenvalue weighted by atomic mass is 9.78. The first-order chi connectivity index (χ1) is 7.78. The van der Waals surface area contributed by atoms with Crippen LogP contribution in [0.2, 0.25) is 0 Å². The second kappa shape index (κ2) is 4.88. The fourth-order valence-electron chi connectivity index (χ4n) is 1.91. The van der Waals surface area contributed by atoms with Crippen molar-refractivity contribution < 1.29 is 14.6 Å². The molecular weight excluding hydrogens is 216 g/mol. The molecule has 1 atom stereocenters. The van der Waals surface area contributed by atoms with Crippen molar-refractivity contribution >= 4 is 5.97 Å². The van der Waals surface area contributed by atoms with E-state index in [-0.39, 0.29) is 0 Å². The smallest absolute Gasteiger partial charge is 0.335 e. The van der Waals surface area contributed by atoms with E-state index in [1.165, 1.54) is 7.11 Å². The van der Waals surface area contributed by atoms with Gasteiger partial charge in [-0.15, -0.1) is 0 Å². The van der Waals surface area contributed by atoms with E-state index >= 15 is 0 Å². The maximum atomic E-state index is 11.4. The molecule has 0 aliphatic rings. The first-order valence-corrected chi connectivity index (χ1v) is 5.63. The zero-order chi connectivity index (χ0) is 13.2. The molecule has 3 nitrogen and oxygen atoms in total. The van der Waals surface area contributed by atoms with Gasteiger partial charge in [-0.05, 0) is 19.4 Å². The fourth-order valence-corrected chi connectivity index (χ4v) is 1.91. The Balaban J connectivity index is 3.15. The Hall–Kier alpha value is -1.35. The average molecular weight is 236 g/mol. The molecule has 0 aliphatic carbocycles. The summed E-state index contributed by atoms with van der Waals surface area (Å²) in [5, 5.41) is 10.0. The molecule has 0 aliphatic heterocycles. The van der Waals surface area contributed by atoms with Crippen molar-refractivity contribution in [2.75, 3.05) is 7.11 Å². The van der Waals surface area contributed by atoms with Crippen LogP contribution in [0.4, 0.5) is 0 Å². The summed E-state index contributed by atoms with van der Waals surface area (Å²) in [6.07, 6.45) is -1.16. The monoisotopic (exact) mass is 236 g/mol. The molecule has 0 aromatic heterocycles. The molecule has 0 bridgehead atoms. The summed E-state index contributed by atoms with van der Waals surface area (Å²) in [7, 11) is 1.28. The van der Waals surface area contributed by atoms with E-state index in [0.29, 0.717) is 0 Å². The molecule has 0 radical (unpaired) electrons. The first-order valence-electron chi connectivity index (χ1n) is 5.63. The highest BCUT2D eigenvalue weighted by molar-refractivity contribution is 5.76. The van der Waals surface area contributed by atoms with Gasteiger partial charge in [-0.25, -0.2) is 4.79 Å². The van der Waals surface area contributed by atoms with E-state index in [1.54, 1.807) is 0 Å². The standard InChI is InChI=1S/C14H20O3/c1-9-6-10(2)8-11(7-9)14(3,4)12(15)13(16)17-5/h6-8,12,15H,1-5H3. The van der Waals surface area contributed by atoms with Gasteiger partial charge in [0.05, 0.1) is 7.11 Å². The zero-order valence-electron chi connectivity index (χ0n) is 11.1. The number of carbonyl (C=O) groups excluding carboxylic acids is 1. The number of aliphatic hydroxyl groups is 1. The summed E-state index contributed by atoms with van der Waals surface area (Å²) in [6, 6.07) is 6.03. The topological polar surface area (TPSA) is 46.5 Å². The number of methoxy groups -OCH3 is 1. The lowest BCUT2D eigenvalue weighted by molar-refractivity contribution is -0.153. The molecule has 1 rings (SSSR count). The SMILES string of the molecule is COC(=O)C(O)C(C)(C)c1cc(C)cc(C)c1. The van der Waals surface area contributed by atoms with Crippen LogP contribution >= 0.6 is 0 Å². The molecule has 94 valence electrons. The summed E-state index contributed by atoms with van der Waals surface area (Å²) in [4.78, 5) is 11.4. The van der Waals surface area contributed by atoms with E-state index in [2.05, 4.69) is 10.8 Å². The van der Waals surface area contributed by atoms with Gasteiger partial charge in [-0.2, -0.15) is 0 Å². The molecule has 0 spiro atoms. The Morgan fingerprint density at radius 1 is 1.24 bits per heavy atom. The second-order valence-electron chi connectivity index (χ2n) is 5.02. The van der Waals surface area contributed by atoms with Gasteiger partial charge in [-0.3, -0.25) is 0 Å². The van der Waals surface area contributed by atoms with Gasteiger partial charge in [0.2, 0.25) is 0 Å². The van der Waals surface area contributed by atoms with Crippen molar-refractivity contribution in [2.24, 2.45) is 0 Å². The number of benzene rings is 1. The van der Waals surface area contributed by atoms with Crippen molar-refractivity contribution in [3.05, 3.63) is 34.9 Å². The van der Waals surface area contributed by atoms with E-state index in [4.69, 9.17) is 0 Å². The van der Waals surface area contributed by atoms with E-state index in [1.807, 2.05) is 39.8 Å². The lowest BCUT2D eigenvalue weighted by Gasteiger charge is -2.29. The van der Waals surface area contributed by atoms with Crippen LogP contribution in [0.15, 0.2) is 18.2 Å². The van der Waals surface area contributed by atoms with Crippen LogP contribution in [0.3, 0.4) is 0 Å². The van der Waals surface area contributed by atoms with Gasteiger partial charge >= 0.3 is 5.97 Å². The third kappa shape index (κ3) is 2.86. The summed E-state index contributed by atoms with van der Waals surface area (Å²) >= 11 is 0. The number of hydrogen-bond donors (Lipinski definition) is 1. The molecule has 1 unspecified atom stereocenters. The highest BCUT2D eigenvalue weighted by Crippen LogP contribution is 2.29. The molecule has 0 fully saturated rings. The minimum atomic E-state index is -1.16. The second-order valence-corrected chi connectivity index (χ2v) is 5.02. The number of ether oxygens (including phenoxy) is 1. The van der Waals surface area contributed by atoms with E-state index in [9.17, 15) is 9.90 Å². The molecule has 1 aromatic carbocycles. The van der Waals surface area contributed by atoms with Crippen LogP contribution in [0.5, 0.6) is 0 Å². The van der Waals surface area contributed by atoms with E-state index in [0.717, 1.165) is 16.7 Å². The van der Waals surface area contributed by atoms with Crippen molar-refractivity contribution in [3.63, 3.8) is 0 Å². The summed E-state index contributed by atoms with van der Waals surface area (Å²) < 4.78 is 4.59. The normalized spacial score (nSPS) is 13.3. The number of esters is 1. The Morgan fingerprint density at radius 2 is 1.71 bits per heavy atom. The van der Waals surface area contributed by atoms with Gasteiger partial charge in [0.15, 0.2) is 6.10 Å². The Morgan fingerprint density at radius 3 is 2.12 bits per heavy atom. The summed E-state index contributed by atoms with van der Waals surface area (Å²) in [5.74, 6) is -0.603. The number of aliphatic hydroxyl groups excluding tert-OH is 1. The maximum Gasteiger partial charge on any atom is 0.335 e. The Bertz CT molecular complexity index is 401. The molecule has 1 N–H and O–H groups in total. The van der Waals surface area contributed by atoms with Crippen LogP contribution in [0.1, 0.15) is 30.5 Å². The molecular formula is C14H20O3. The zero-order valence-corrected chi connectivity index (χ0v) is 11.1. The highest BCUT2D eigenvalue weighted by Gasteiger charge is 2.36. The molecule has 0 saturated carbocycles. The van der Waals surface area contributed by atoms with Crippen LogP contribution in [0.25, 0.3) is 0 Å². The molecule has 0 saturated heterocycles. The Labute approximate surface area is 102 Å². The van der Waals surface area contributed by atoms with Gasteiger partial charge in [0, 0.05) is 5.41 Å². The minimum Gasteiger partial charge on any atom is -0.467 e. The minimum absolute atomic E-state index is 0.603. The van der Waals surface area contributed by atoms with Gasteiger partial charge in [-0.1, -0.05) is 43.2 Å². The van der Waals surface area contributed by atoms with Crippen LogP contribution < -0.4 is 0 Å². The Kier molecular flexibility index (Phi) is 3.94. The van der Waals surface area contributed by atoms with Gasteiger partial charge < -0.3 is 9.84 Å². The van der Waals surface area contributed by atoms with Crippen molar-refractivity contribution in [1.82, 2.24) is 0 Å². The number of aryl methyl sites for hydroxylation is 2. The van der Waals surface area contributed by atoms with E-state index < -0.39 is 17.5 Å². The molecule has 0 amide bonds. The lowest BCUT2D eigenvalue weighted by Crippen LogP contribution is -2.40. The van der Waals surface area contributed by atoms with Crippen molar-refractivity contribution in [3.8, 4) is 0 Å². The first kappa shape index (κ1) is 13.7. The highest BCUT2D eigenvalue weighted by atomic mass is 16.5. The van der Waals surface area contributed by atoms with Crippen LogP contribution in [-0.4, -0.2) is 24.3 Å². The largest absolute Gasteiger partial charge is 0.467 e. The molecule has 3 heteroatoms. The predicted octanol–water partition coefficient (Wildman–Crippen LogP) is 2.11. The quantitative estimate of drug-likeness (QED) is 0.818. The number of carbonyl (C=O) groups is 1. The number of hydrogen-bond acceptors (Lipinski definition) is 3. The number of rotatable bonds is 3. The van der Waals surface area contributed by atoms with Gasteiger partial charge in [0.1, 0.15) is 0 Å². The third-order valence-corrected chi connectivity index (χ3v) is 3.07. The van der Waals surface area contributed by atoms with Crippen molar-refractivity contribution in [1.29, 1.82) is 0 Å². The summed E-state index contributed by atoms with van der Waals surface area (Å²) in [5.41, 5.74) is 2.51. The molecule has 0 heterocycles. The molecule has 1 aromatic rings. The van der Waals surface area contributed by atoms with Crippen LogP contribution in [-0.2, 0) is 14.9 Å². The van der Waals surface area contributed by atoms with Gasteiger partial charge in [0.25, 0.3) is 0 Å². The average Bonchev–Trinajstić information content (AvgIpc) is 2.25. The predicted molar refractivity (Wildman–Crippen MR) is 67.0 cm³/mol.